The summed E-state index contributed by atoms with van der Waals surface area (Å²) >= 11 is 0. The van der Waals surface area contributed by atoms with Crippen molar-refractivity contribution in [3.63, 3.8) is 0 Å². The quantitative estimate of drug-likeness (QED) is 0.940. The number of amides is 2. The molecule has 1 fully saturated rings. The summed E-state index contributed by atoms with van der Waals surface area (Å²) in [6.07, 6.45) is 2.16. The number of carbonyl (C=O) groups is 2. The van der Waals surface area contributed by atoms with Gasteiger partial charge in [-0.1, -0.05) is 18.2 Å². The number of rotatable bonds is 3. The minimum atomic E-state index is -0.654. The third kappa shape index (κ3) is 1.65. The third-order valence-electron chi connectivity index (χ3n) is 4.73. The van der Waals surface area contributed by atoms with Crippen molar-refractivity contribution in [3.8, 4) is 0 Å². The average molecular weight is 296 g/mol. The second-order valence-corrected chi connectivity index (χ2v) is 5.91. The predicted molar refractivity (Wildman–Crippen MR) is 80.2 cm³/mol. The number of likely N-dealkylation sites (N-methyl/N-ethyl adjacent to an activating group) is 1. The molecule has 5 nitrogen and oxygen atoms in total. The summed E-state index contributed by atoms with van der Waals surface area (Å²) in [5.41, 5.74) is 1.23. The van der Waals surface area contributed by atoms with Crippen LogP contribution < -0.4 is 10.2 Å². The van der Waals surface area contributed by atoms with E-state index in [2.05, 4.69) is 5.32 Å². The molecule has 112 valence electrons. The van der Waals surface area contributed by atoms with E-state index in [0.717, 1.165) is 11.3 Å². The number of nitrogens with zero attached hydrogens (tertiary/aromatic N) is 1. The number of anilines is 1. The molecule has 0 radical (unpaired) electrons. The molecule has 1 spiro atoms. The van der Waals surface area contributed by atoms with Crippen molar-refractivity contribution >= 4 is 17.5 Å². The lowest BCUT2D eigenvalue weighted by molar-refractivity contribution is -0.126. The van der Waals surface area contributed by atoms with Gasteiger partial charge < -0.3 is 14.6 Å². The Balaban J connectivity index is 1.55. The van der Waals surface area contributed by atoms with Crippen molar-refractivity contribution in [1.82, 2.24) is 5.32 Å². The van der Waals surface area contributed by atoms with Gasteiger partial charge in [0.05, 0.1) is 24.1 Å². The minimum absolute atomic E-state index is 0.0202. The maximum absolute atomic E-state index is 12.6. The maximum Gasteiger partial charge on any atom is 0.238 e. The fraction of sp³-hybridized carbons (Fsp3) is 0.294. The molecule has 2 amide bonds. The van der Waals surface area contributed by atoms with E-state index in [1.165, 1.54) is 0 Å². The molecule has 1 aromatic heterocycles. The fourth-order valence-electron chi connectivity index (χ4n) is 3.49. The first-order valence-corrected chi connectivity index (χ1v) is 7.32. The van der Waals surface area contributed by atoms with Gasteiger partial charge in [-0.25, -0.2) is 0 Å². The van der Waals surface area contributed by atoms with Crippen molar-refractivity contribution < 1.29 is 14.0 Å². The second kappa shape index (κ2) is 4.47. The second-order valence-electron chi connectivity index (χ2n) is 5.91. The molecule has 1 aromatic carbocycles. The Morgan fingerprint density at radius 1 is 1.36 bits per heavy atom. The Morgan fingerprint density at radius 2 is 2.18 bits per heavy atom. The van der Waals surface area contributed by atoms with Crippen molar-refractivity contribution in [3.05, 3.63) is 54.0 Å². The molecule has 4 rings (SSSR count). The average Bonchev–Trinajstić information content (AvgIpc) is 3.01. The normalized spacial score (nSPS) is 25.4. The highest BCUT2D eigenvalue weighted by atomic mass is 16.3. The van der Waals surface area contributed by atoms with Gasteiger partial charge >= 0.3 is 0 Å². The van der Waals surface area contributed by atoms with Gasteiger partial charge in [-0.3, -0.25) is 9.59 Å². The Bertz CT molecular complexity index is 753. The van der Waals surface area contributed by atoms with Gasteiger partial charge in [0, 0.05) is 12.7 Å². The van der Waals surface area contributed by atoms with Crippen LogP contribution in [0.2, 0.25) is 0 Å². The summed E-state index contributed by atoms with van der Waals surface area (Å²) in [7, 11) is 1.77. The molecular weight excluding hydrogens is 280 g/mol. The predicted octanol–water partition coefficient (Wildman–Crippen LogP) is 1.83. The standard InChI is InChI=1S/C17H16N2O3/c1-19-14-7-3-2-6-12(14)17(16(19)21)9-13(17)15(20)18-10-11-5-4-8-22-11/h2-8,13H,9-10H2,1H3,(H,18,20)/t13-,17+/m0/s1. The van der Waals surface area contributed by atoms with E-state index in [-0.39, 0.29) is 17.7 Å². The van der Waals surface area contributed by atoms with E-state index >= 15 is 0 Å². The van der Waals surface area contributed by atoms with Crippen LogP contribution in [0, 0.1) is 5.92 Å². The fourth-order valence-corrected chi connectivity index (χ4v) is 3.49. The molecule has 0 bridgehead atoms. The summed E-state index contributed by atoms with van der Waals surface area (Å²) in [6.45, 7) is 0.351. The van der Waals surface area contributed by atoms with Crippen molar-refractivity contribution in [2.75, 3.05) is 11.9 Å². The highest BCUT2D eigenvalue weighted by Gasteiger charge is 2.68. The van der Waals surface area contributed by atoms with Gasteiger partial charge in [-0.15, -0.1) is 0 Å². The molecule has 1 N–H and O–H groups in total. The summed E-state index contributed by atoms with van der Waals surface area (Å²) in [5.74, 6) is 0.348. The van der Waals surface area contributed by atoms with Crippen LogP contribution in [-0.2, 0) is 21.5 Å². The van der Waals surface area contributed by atoms with Gasteiger partial charge in [0.25, 0.3) is 0 Å². The molecule has 0 unspecified atom stereocenters. The lowest BCUT2D eigenvalue weighted by Crippen LogP contribution is -2.34. The number of nitrogens with one attached hydrogen (secondary N) is 1. The van der Waals surface area contributed by atoms with E-state index in [4.69, 9.17) is 4.42 Å². The molecule has 2 aliphatic rings. The smallest absolute Gasteiger partial charge is 0.238 e. The van der Waals surface area contributed by atoms with Crippen LogP contribution in [-0.4, -0.2) is 18.9 Å². The van der Waals surface area contributed by atoms with Crippen molar-refractivity contribution in [2.24, 2.45) is 5.92 Å². The van der Waals surface area contributed by atoms with Gasteiger partial charge in [-0.05, 0) is 30.2 Å². The van der Waals surface area contributed by atoms with Crippen LogP contribution in [0.15, 0.2) is 47.1 Å². The Hall–Kier alpha value is -2.56. The number of furan rings is 1. The molecule has 1 aliphatic heterocycles. The lowest BCUT2D eigenvalue weighted by atomic mass is 9.94. The first kappa shape index (κ1) is 13.1. The summed E-state index contributed by atoms with van der Waals surface area (Å²) in [4.78, 5) is 26.7. The number of hydrogen-bond acceptors (Lipinski definition) is 3. The van der Waals surface area contributed by atoms with Crippen LogP contribution >= 0.6 is 0 Å². The number of para-hydroxylation sites is 1. The number of carbonyl (C=O) groups excluding carboxylic acids is 2. The first-order chi connectivity index (χ1) is 10.6. The summed E-state index contributed by atoms with van der Waals surface area (Å²) in [5, 5.41) is 2.86. The summed E-state index contributed by atoms with van der Waals surface area (Å²) < 4.78 is 5.21. The SMILES string of the molecule is CN1C(=O)[C@]2(C[C@H]2C(=O)NCc2ccco2)c2ccccc21. The molecule has 2 aromatic rings. The van der Waals surface area contributed by atoms with E-state index < -0.39 is 5.41 Å². The van der Waals surface area contributed by atoms with E-state index in [1.807, 2.05) is 30.3 Å². The summed E-state index contributed by atoms with van der Waals surface area (Å²) in [6, 6.07) is 11.3. The molecule has 0 saturated heterocycles. The van der Waals surface area contributed by atoms with Crippen LogP contribution in [0.3, 0.4) is 0 Å². The monoisotopic (exact) mass is 296 g/mol. The van der Waals surface area contributed by atoms with Crippen molar-refractivity contribution in [1.29, 1.82) is 0 Å². The first-order valence-electron chi connectivity index (χ1n) is 7.32. The van der Waals surface area contributed by atoms with Gasteiger partial charge in [0.1, 0.15) is 5.76 Å². The molecule has 1 saturated carbocycles. The Labute approximate surface area is 127 Å². The van der Waals surface area contributed by atoms with E-state index in [9.17, 15) is 9.59 Å². The van der Waals surface area contributed by atoms with Gasteiger partial charge in [-0.2, -0.15) is 0 Å². The van der Waals surface area contributed by atoms with E-state index in [1.54, 1.807) is 24.3 Å². The largest absolute Gasteiger partial charge is 0.467 e. The molecule has 22 heavy (non-hydrogen) atoms. The Morgan fingerprint density at radius 3 is 2.95 bits per heavy atom. The topological polar surface area (TPSA) is 62.6 Å². The van der Waals surface area contributed by atoms with Gasteiger partial charge in [0.15, 0.2) is 0 Å². The molecule has 2 heterocycles. The Kier molecular flexibility index (Phi) is 2.66. The molecular formula is C17H16N2O3. The lowest BCUT2D eigenvalue weighted by Gasteiger charge is -2.11. The van der Waals surface area contributed by atoms with Crippen molar-refractivity contribution in [2.45, 2.75) is 18.4 Å². The zero-order chi connectivity index (χ0) is 15.3. The number of fused-ring (bicyclic) bond motifs is 2. The van der Waals surface area contributed by atoms with Crippen LogP contribution in [0.4, 0.5) is 5.69 Å². The van der Waals surface area contributed by atoms with E-state index in [0.29, 0.717) is 18.7 Å². The maximum atomic E-state index is 12.6. The number of benzene rings is 1. The molecule has 5 heteroatoms. The minimum Gasteiger partial charge on any atom is -0.467 e. The molecule has 1 aliphatic carbocycles. The van der Waals surface area contributed by atoms with Crippen LogP contribution in [0.1, 0.15) is 17.7 Å². The van der Waals surface area contributed by atoms with Crippen LogP contribution in [0.25, 0.3) is 0 Å². The molecule has 2 atom stereocenters. The van der Waals surface area contributed by atoms with Crippen LogP contribution in [0.5, 0.6) is 0 Å². The highest BCUT2D eigenvalue weighted by Crippen LogP contribution is 2.61. The zero-order valence-electron chi connectivity index (χ0n) is 12.2. The number of hydrogen-bond donors (Lipinski definition) is 1. The highest BCUT2D eigenvalue weighted by molar-refractivity contribution is 6.13. The zero-order valence-corrected chi connectivity index (χ0v) is 12.2. The van der Waals surface area contributed by atoms with Gasteiger partial charge in [0.2, 0.25) is 11.8 Å². The third-order valence-corrected chi connectivity index (χ3v) is 4.73.